The molecule has 2 bridgehead atoms. The van der Waals surface area contributed by atoms with Crippen molar-refractivity contribution in [3.05, 3.63) is 47.8 Å². The average molecular weight is 490 g/mol. The summed E-state index contributed by atoms with van der Waals surface area (Å²) >= 11 is 0. The van der Waals surface area contributed by atoms with Crippen LogP contribution in [0.3, 0.4) is 0 Å². The van der Waals surface area contributed by atoms with Crippen LogP contribution in [0.15, 0.2) is 36.4 Å². The van der Waals surface area contributed by atoms with E-state index in [1.54, 1.807) is 29.2 Å². The number of rotatable bonds is 6. The highest BCUT2D eigenvalue weighted by atomic mass is 16.2. The second-order valence-corrected chi connectivity index (χ2v) is 9.41. The molecule has 11 nitrogen and oxygen atoms in total. The molecular formula is C25H27N7O4. The minimum Gasteiger partial charge on any atom is -0.364 e. The van der Waals surface area contributed by atoms with Crippen molar-refractivity contribution in [2.75, 3.05) is 10.6 Å². The predicted molar refractivity (Wildman–Crippen MR) is 132 cm³/mol. The number of nitrogens with one attached hydrogen (secondary N) is 2. The van der Waals surface area contributed by atoms with Gasteiger partial charge in [0.25, 0.3) is 5.91 Å². The number of pyridine rings is 1. The Bertz CT molecular complexity index is 1400. The molecule has 5 rings (SSSR count). The summed E-state index contributed by atoms with van der Waals surface area (Å²) in [5, 5.41) is 10.3. The lowest BCUT2D eigenvalue weighted by molar-refractivity contribution is -0.141. The fraction of sp³-hybridized carbons (Fsp3) is 0.360. The fourth-order valence-corrected chi connectivity index (χ4v) is 5.46. The zero-order valence-corrected chi connectivity index (χ0v) is 20.0. The number of carbonyl (C=O) groups is 4. The van der Waals surface area contributed by atoms with Crippen LogP contribution in [0.2, 0.25) is 0 Å². The zero-order valence-electron chi connectivity index (χ0n) is 20.0. The number of aryl methyl sites for hydroxylation is 1. The van der Waals surface area contributed by atoms with Crippen molar-refractivity contribution in [2.24, 2.45) is 11.7 Å². The van der Waals surface area contributed by atoms with E-state index in [1.165, 1.54) is 11.6 Å². The van der Waals surface area contributed by atoms with Crippen molar-refractivity contribution in [3.63, 3.8) is 0 Å². The van der Waals surface area contributed by atoms with Gasteiger partial charge in [0.05, 0.1) is 5.52 Å². The summed E-state index contributed by atoms with van der Waals surface area (Å²) in [5.74, 6) is -0.983. The van der Waals surface area contributed by atoms with Gasteiger partial charge in [0, 0.05) is 29.7 Å². The standard InChI is InChI=1S/C25H27N7O4/c1-13-4-3-5-20(27-13)29-25(36)23-15-6-8-17(10-15)32(23)21(34)12-31-19-11-16(28-14(2)33)7-9-18(19)22(30-31)24(26)35/h3-5,7,9,11,15,17,23H,6,8,10,12H2,1-2H3,(H2,26,35)(H,28,33)(H,27,29,36)/t15-,17+,23-/m0/s1. The summed E-state index contributed by atoms with van der Waals surface area (Å²) in [4.78, 5) is 56.4. The third-order valence-corrected chi connectivity index (χ3v) is 6.87. The van der Waals surface area contributed by atoms with Gasteiger partial charge in [-0.15, -0.1) is 0 Å². The minimum absolute atomic E-state index is 0.0314. The molecule has 186 valence electrons. The molecule has 4 amide bonds. The van der Waals surface area contributed by atoms with Crippen LogP contribution in [-0.2, 0) is 20.9 Å². The zero-order chi connectivity index (χ0) is 25.6. The molecule has 2 aromatic heterocycles. The quantitative estimate of drug-likeness (QED) is 0.480. The molecule has 3 heterocycles. The Labute approximate surface area is 207 Å². The molecule has 36 heavy (non-hydrogen) atoms. The van der Waals surface area contributed by atoms with Crippen molar-refractivity contribution in [3.8, 4) is 0 Å². The maximum absolute atomic E-state index is 13.6. The number of fused-ring (bicyclic) bond motifs is 3. The molecule has 2 aliphatic rings. The maximum Gasteiger partial charge on any atom is 0.269 e. The molecule has 1 saturated carbocycles. The molecule has 3 atom stereocenters. The number of aromatic nitrogens is 3. The van der Waals surface area contributed by atoms with E-state index in [0.29, 0.717) is 22.4 Å². The second-order valence-electron chi connectivity index (χ2n) is 9.41. The van der Waals surface area contributed by atoms with E-state index < -0.39 is 11.9 Å². The minimum atomic E-state index is -0.721. The van der Waals surface area contributed by atoms with Crippen LogP contribution in [-0.4, -0.2) is 55.4 Å². The number of benzene rings is 1. The fourth-order valence-electron chi connectivity index (χ4n) is 5.46. The molecule has 4 N–H and O–H groups in total. The van der Waals surface area contributed by atoms with Gasteiger partial charge < -0.3 is 21.3 Å². The molecule has 2 fully saturated rings. The highest BCUT2D eigenvalue weighted by molar-refractivity contribution is 6.05. The third-order valence-electron chi connectivity index (χ3n) is 6.87. The first-order chi connectivity index (χ1) is 17.2. The number of likely N-dealkylation sites (tertiary alicyclic amines) is 1. The first kappa shape index (κ1) is 23.5. The van der Waals surface area contributed by atoms with Crippen molar-refractivity contribution in [2.45, 2.75) is 51.7 Å². The molecule has 11 heteroatoms. The number of hydrogen-bond donors (Lipinski definition) is 3. The summed E-state index contributed by atoms with van der Waals surface area (Å²) < 4.78 is 1.41. The predicted octanol–water partition coefficient (Wildman–Crippen LogP) is 1.82. The Kier molecular flexibility index (Phi) is 5.91. The molecule has 0 unspecified atom stereocenters. The number of hydrogen-bond acceptors (Lipinski definition) is 6. The Morgan fingerprint density at radius 2 is 1.92 bits per heavy atom. The Hall–Kier alpha value is -4.28. The third kappa shape index (κ3) is 4.28. The first-order valence-corrected chi connectivity index (χ1v) is 11.8. The van der Waals surface area contributed by atoms with E-state index in [9.17, 15) is 19.2 Å². The van der Waals surface area contributed by atoms with E-state index in [0.717, 1.165) is 25.0 Å². The molecule has 3 aromatic rings. The van der Waals surface area contributed by atoms with Crippen LogP contribution in [0.4, 0.5) is 11.5 Å². The Morgan fingerprint density at radius 3 is 2.64 bits per heavy atom. The molecule has 0 spiro atoms. The monoisotopic (exact) mass is 489 g/mol. The van der Waals surface area contributed by atoms with Crippen molar-refractivity contribution >= 4 is 46.0 Å². The number of nitrogens with zero attached hydrogens (tertiary/aromatic N) is 4. The Balaban J connectivity index is 1.43. The second kappa shape index (κ2) is 9.06. The Morgan fingerprint density at radius 1 is 1.11 bits per heavy atom. The van der Waals surface area contributed by atoms with E-state index in [-0.39, 0.29) is 41.9 Å². The maximum atomic E-state index is 13.6. The molecule has 1 aliphatic heterocycles. The van der Waals surface area contributed by atoms with Gasteiger partial charge in [-0.3, -0.25) is 23.9 Å². The van der Waals surface area contributed by atoms with Crippen LogP contribution < -0.4 is 16.4 Å². The molecule has 1 aliphatic carbocycles. The van der Waals surface area contributed by atoms with E-state index in [1.807, 2.05) is 19.1 Å². The van der Waals surface area contributed by atoms with Gasteiger partial charge in [0.2, 0.25) is 17.7 Å². The van der Waals surface area contributed by atoms with Crippen LogP contribution in [0.25, 0.3) is 10.9 Å². The van der Waals surface area contributed by atoms with Gasteiger partial charge >= 0.3 is 0 Å². The van der Waals surface area contributed by atoms with Gasteiger partial charge in [-0.25, -0.2) is 4.98 Å². The molecule has 1 saturated heterocycles. The lowest BCUT2D eigenvalue weighted by Gasteiger charge is -2.34. The number of nitrogens with two attached hydrogens (primary N) is 1. The van der Waals surface area contributed by atoms with E-state index in [2.05, 4.69) is 20.7 Å². The average Bonchev–Trinajstić information content (AvgIpc) is 3.52. The van der Waals surface area contributed by atoms with Gasteiger partial charge in [-0.2, -0.15) is 5.10 Å². The van der Waals surface area contributed by atoms with Crippen LogP contribution in [0.1, 0.15) is 42.4 Å². The van der Waals surface area contributed by atoms with Gasteiger partial charge in [-0.05, 0) is 62.4 Å². The van der Waals surface area contributed by atoms with Crippen molar-refractivity contribution in [1.29, 1.82) is 0 Å². The normalized spacial score (nSPS) is 20.5. The highest BCUT2D eigenvalue weighted by Crippen LogP contribution is 2.43. The lowest BCUT2D eigenvalue weighted by atomic mass is 9.97. The van der Waals surface area contributed by atoms with Gasteiger partial charge in [0.15, 0.2) is 5.69 Å². The lowest BCUT2D eigenvalue weighted by Crippen LogP contribution is -2.52. The number of piperidine rings is 1. The number of primary amides is 1. The largest absolute Gasteiger partial charge is 0.364 e. The van der Waals surface area contributed by atoms with Crippen LogP contribution in [0.5, 0.6) is 0 Å². The smallest absolute Gasteiger partial charge is 0.269 e. The van der Waals surface area contributed by atoms with Gasteiger partial charge in [0.1, 0.15) is 18.4 Å². The summed E-state index contributed by atoms with van der Waals surface area (Å²) in [5.41, 5.74) is 7.33. The summed E-state index contributed by atoms with van der Waals surface area (Å²) in [6, 6.07) is 9.67. The SMILES string of the molecule is CC(=O)Nc1ccc2c(C(N)=O)nn(CC(=O)N3[C@@H]4CC[C@@H](C4)[C@H]3C(=O)Nc3cccc(C)n3)c2c1. The highest BCUT2D eigenvalue weighted by Gasteiger charge is 2.51. The molecule has 0 radical (unpaired) electrons. The molecule has 1 aromatic carbocycles. The summed E-state index contributed by atoms with van der Waals surface area (Å²) in [6.07, 6.45) is 2.48. The number of anilines is 2. The number of amides is 4. The summed E-state index contributed by atoms with van der Waals surface area (Å²) in [6.45, 7) is 3.05. The van der Waals surface area contributed by atoms with Crippen LogP contribution >= 0.6 is 0 Å². The summed E-state index contributed by atoms with van der Waals surface area (Å²) in [7, 11) is 0. The van der Waals surface area contributed by atoms with Crippen molar-refractivity contribution < 1.29 is 19.2 Å². The number of carbonyl (C=O) groups excluding carboxylic acids is 4. The van der Waals surface area contributed by atoms with E-state index in [4.69, 9.17) is 5.73 Å². The van der Waals surface area contributed by atoms with Crippen LogP contribution in [0, 0.1) is 12.8 Å². The molecular weight excluding hydrogens is 462 g/mol. The van der Waals surface area contributed by atoms with E-state index >= 15 is 0 Å². The van der Waals surface area contributed by atoms with Gasteiger partial charge in [-0.1, -0.05) is 6.07 Å². The van der Waals surface area contributed by atoms with Crippen molar-refractivity contribution in [1.82, 2.24) is 19.7 Å². The first-order valence-electron chi connectivity index (χ1n) is 11.8. The topological polar surface area (TPSA) is 152 Å².